The minimum Gasteiger partial charge on any atom is -0.508 e. The number of aryl methyl sites for hydroxylation is 1. The van der Waals surface area contributed by atoms with Crippen molar-refractivity contribution in [2.45, 2.75) is 26.6 Å². The van der Waals surface area contributed by atoms with Gasteiger partial charge in [-0.05, 0) is 36.5 Å². The first-order chi connectivity index (χ1) is 7.65. The topological polar surface area (TPSA) is 38.7 Å². The Morgan fingerprint density at radius 1 is 1.38 bits per heavy atom. The number of aromatic hydroxyl groups is 1. The average molecular weight is 220 g/mol. The lowest BCUT2D eigenvalue weighted by Crippen LogP contribution is -2.32. The van der Waals surface area contributed by atoms with Crippen LogP contribution in [0.3, 0.4) is 0 Å². The van der Waals surface area contributed by atoms with Gasteiger partial charge < -0.3 is 14.6 Å². The Kier molecular flexibility index (Phi) is 2.11. The summed E-state index contributed by atoms with van der Waals surface area (Å²) in [5.41, 5.74) is 2.32. The van der Waals surface area contributed by atoms with Gasteiger partial charge in [0.15, 0.2) is 0 Å². The lowest BCUT2D eigenvalue weighted by atomic mass is 9.86. The van der Waals surface area contributed by atoms with Crippen LogP contribution in [0.25, 0.3) is 0 Å². The minimum atomic E-state index is -0.122. The normalized spacial score (nSPS) is 31.8. The number of phenolic OH excluding ortho intramolecular Hbond substituents is 1. The van der Waals surface area contributed by atoms with E-state index in [0.717, 1.165) is 24.3 Å². The van der Waals surface area contributed by atoms with Gasteiger partial charge in [0.2, 0.25) is 6.29 Å². The van der Waals surface area contributed by atoms with Gasteiger partial charge in [-0.2, -0.15) is 0 Å². The number of benzene rings is 1. The maximum Gasteiger partial charge on any atom is 0.203 e. The molecule has 0 spiro atoms. The highest BCUT2D eigenvalue weighted by Crippen LogP contribution is 2.41. The molecule has 16 heavy (non-hydrogen) atoms. The van der Waals surface area contributed by atoms with Gasteiger partial charge in [-0.15, -0.1) is 0 Å². The van der Waals surface area contributed by atoms with E-state index in [1.54, 1.807) is 12.1 Å². The highest BCUT2D eigenvalue weighted by Gasteiger charge is 2.40. The van der Waals surface area contributed by atoms with Crippen molar-refractivity contribution in [2.75, 3.05) is 6.61 Å². The number of hydrogen-bond donors (Lipinski definition) is 1. The minimum absolute atomic E-state index is 0.122. The van der Waals surface area contributed by atoms with E-state index < -0.39 is 0 Å². The summed E-state index contributed by atoms with van der Waals surface area (Å²) in [4.78, 5) is 0. The summed E-state index contributed by atoms with van der Waals surface area (Å²) < 4.78 is 11.4. The Hall–Kier alpha value is -1.22. The molecular weight excluding hydrogens is 204 g/mol. The quantitative estimate of drug-likeness (QED) is 0.728. The second kappa shape index (κ2) is 3.39. The first-order valence-corrected chi connectivity index (χ1v) is 5.76. The fraction of sp³-hybridized carbons (Fsp3) is 0.538. The van der Waals surface area contributed by atoms with Crippen molar-refractivity contribution in [2.24, 2.45) is 11.8 Å². The summed E-state index contributed by atoms with van der Waals surface area (Å²) in [5, 5.41) is 9.54. The Labute approximate surface area is 95.0 Å². The molecule has 1 N–H and O–H groups in total. The number of rotatable bonds is 0. The number of phenols is 1. The van der Waals surface area contributed by atoms with E-state index >= 15 is 0 Å². The van der Waals surface area contributed by atoms with E-state index in [1.807, 2.05) is 6.92 Å². The Bertz CT molecular complexity index is 427. The molecule has 2 aliphatic heterocycles. The van der Waals surface area contributed by atoms with E-state index in [1.165, 1.54) is 5.56 Å². The third kappa shape index (κ3) is 1.39. The summed E-state index contributed by atoms with van der Waals surface area (Å²) in [6.45, 7) is 4.99. The van der Waals surface area contributed by atoms with Crippen molar-refractivity contribution >= 4 is 0 Å². The SMILES string of the molecule is Cc1cc(O)cc2c1C[C@H]1[C@H](OC[C@H]1C)O2. The van der Waals surface area contributed by atoms with Crippen molar-refractivity contribution in [1.82, 2.24) is 0 Å². The second-order valence-corrected chi connectivity index (χ2v) is 4.90. The Morgan fingerprint density at radius 3 is 3.00 bits per heavy atom. The van der Waals surface area contributed by atoms with Crippen LogP contribution >= 0.6 is 0 Å². The van der Waals surface area contributed by atoms with Crippen molar-refractivity contribution in [3.05, 3.63) is 23.3 Å². The Morgan fingerprint density at radius 2 is 2.19 bits per heavy atom. The predicted octanol–water partition coefficient (Wildman–Crippen LogP) is 2.24. The van der Waals surface area contributed by atoms with Crippen LogP contribution in [0.1, 0.15) is 18.1 Å². The van der Waals surface area contributed by atoms with E-state index in [2.05, 4.69) is 6.92 Å². The fourth-order valence-corrected chi connectivity index (χ4v) is 2.67. The van der Waals surface area contributed by atoms with Gasteiger partial charge in [0, 0.05) is 12.0 Å². The van der Waals surface area contributed by atoms with Crippen molar-refractivity contribution in [3.63, 3.8) is 0 Å². The maximum atomic E-state index is 9.54. The van der Waals surface area contributed by atoms with Crippen LogP contribution in [-0.2, 0) is 11.2 Å². The van der Waals surface area contributed by atoms with Gasteiger partial charge in [-0.25, -0.2) is 0 Å². The molecule has 0 aromatic heterocycles. The van der Waals surface area contributed by atoms with Gasteiger partial charge >= 0.3 is 0 Å². The maximum absolute atomic E-state index is 9.54. The molecule has 0 radical (unpaired) electrons. The molecule has 0 bridgehead atoms. The van der Waals surface area contributed by atoms with Gasteiger partial charge in [-0.1, -0.05) is 6.92 Å². The first kappa shape index (κ1) is 9.97. The molecule has 2 heterocycles. The molecule has 1 fully saturated rings. The zero-order chi connectivity index (χ0) is 11.3. The van der Waals surface area contributed by atoms with Gasteiger partial charge in [0.05, 0.1) is 6.61 Å². The molecule has 0 saturated carbocycles. The molecule has 1 saturated heterocycles. The molecule has 1 aromatic carbocycles. The molecule has 3 atom stereocenters. The number of hydrogen-bond acceptors (Lipinski definition) is 3. The number of ether oxygens (including phenoxy) is 2. The molecule has 2 aliphatic rings. The highest BCUT2D eigenvalue weighted by molar-refractivity contribution is 5.47. The summed E-state index contributed by atoms with van der Waals surface area (Å²) >= 11 is 0. The van der Waals surface area contributed by atoms with Crippen LogP contribution in [0.15, 0.2) is 12.1 Å². The van der Waals surface area contributed by atoms with Crippen LogP contribution in [0.2, 0.25) is 0 Å². The van der Waals surface area contributed by atoms with Crippen LogP contribution in [-0.4, -0.2) is 18.0 Å². The van der Waals surface area contributed by atoms with E-state index in [9.17, 15) is 5.11 Å². The molecule has 0 amide bonds. The zero-order valence-corrected chi connectivity index (χ0v) is 9.56. The molecule has 0 unspecified atom stereocenters. The second-order valence-electron chi connectivity index (χ2n) is 4.90. The molecule has 0 aliphatic carbocycles. The van der Waals surface area contributed by atoms with Crippen LogP contribution in [0, 0.1) is 18.8 Å². The average Bonchev–Trinajstić information content (AvgIpc) is 2.57. The summed E-state index contributed by atoms with van der Waals surface area (Å²) in [7, 11) is 0. The monoisotopic (exact) mass is 220 g/mol. The molecule has 1 aromatic rings. The summed E-state index contributed by atoms with van der Waals surface area (Å²) in [6, 6.07) is 3.48. The third-order valence-electron chi connectivity index (χ3n) is 3.70. The lowest BCUT2D eigenvalue weighted by Gasteiger charge is -2.30. The fourth-order valence-electron chi connectivity index (χ4n) is 2.67. The standard InChI is InChI=1S/C13H16O3/c1-7-3-9(14)4-12-10(7)5-11-8(2)6-15-13(11)16-12/h3-4,8,11,13-14H,5-6H2,1-2H3/t8-,11-,13-/m1/s1. The predicted molar refractivity (Wildman–Crippen MR) is 59.6 cm³/mol. The third-order valence-corrected chi connectivity index (χ3v) is 3.70. The molecular formula is C13H16O3. The largest absolute Gasteiger partial charge is 0.508 e. The van der Waals surface area contributed by atoms with Gasteiger partial charge in [-0.3, -0.25) is 0 Å². The lowest BCUT2D eigenvalue weighted by molar-refractivity contribution is -0.0702. The molecule has 3 rings (SSSR count). The van der Waals surface area contributed by atoms with Crippen molar-refractivity contribution < 1.29 is 14.6 Å². The molecule has 86 valence electrons. The summed E-state index contributed by atoms with van der Waals surface area (Å²) in [6.07, 6.45) is 0.872. The van der Waals surface area contributed by atoms with Gasteiger partial charge in [0.25, 0.3) is 0 Å². The van der Waals surface area contributed by atoms with Crippen LogP contribution in [0.5, 0.6) is 11.5 Å². The van der Waals surface area contributed by atoms with Gasteiger partial charge in [0.1, 0.15) is 11.5 Å². The smallest absolute Gasteiger partial charge is 0.203 e. The first-order valence-electron chi connectivity index (χ1n) is 5.76. The van der Waals surface area contributed by atoms with E-state index in [4.69, 9.17) is 9.47 Å². The number of fused-ring (bicyclic) bond motifs is 2. The molecule has 3 nitrogen and oxygen atoms in total. The Balaban J connectivity index is 2.02. The zero-order valence-electron chi connectivity index (χ0n) is 9.56. The van der Waals surface area contributed by atoms with Crippen LogP contribution < -0.4 is 4.74 Å². The van der Waals surface area contributed by atoms with E-state index in [-0.39, 0.29) is 12.0 Å². The summed E-state index contributed by atoms with van der Waals surface area (Å²) in [5.74, 6) is 2.05. The molecule has 3 heteroatoms. The van der Waals surface area contributed by atoms with E-state index in [0.29, 0.717) is 11.8 Å². The highest BCUT2D eigenvalue weighted by atomic mass is 16.7. The van der Waals surface area contributed by atoms with Crippen LogP contribution in [0.4, 0.5) is 0 Å². The van der Waals surface area contributed by atoms with Crippen molar-refractivity contribution in [3.8, 4) is 11.5 Å². The van der Waals surface area contributed by atoms with Crippen molar-refractivity contribution in [1.29, 1.82) is 0 Å².